The van der Waals surface area contributed by atoms with Gasteiger partial charge in [0, 0.05) is 24.9 Å². The van der Waals surface area contributed by atoms with Crippen molar-refractivity contribution < 1.29 is 9.53 Å². The molecule has 0 N–H and O–H groups in total. The Morgan fingerprint density at radius 1 is 1.62 bits per heavy atom. The van der Waals surface area contributed by atoms with Crippen LogP contribution in [0, 0.1) is 5.92 Å². The van der Waals surface area contributed by atoms with Crippen LogP contribution in [0.5, 0.6) is 0 Å². The number of hydrogen-bond acceptors (Lipinski definition) is 2. The third kappa shape index (κ3) is 1.89. The fourth-order valence-corrected chi connectivity index (χ4v) is 2.47. The van der Waals surface area contributed by atoms with Crippen molar-refractivity contribution >= 4 is 21.8 Å². The number of carbonyl (C=O) groups is 1. The van der Waals surface area contributed by atoms with Crippen LogP contribution in [0.3, 0.4) is 0 Å². The molecule has 2 rings (SSSR count). The quantitative estimate of drug-likeness (QED) is 0.683. The minimum Gasteiger partial charge on any atom is -0.379 e. The Kier molecular flexibility index (Phi) is 2.89. The molecule has 0 radical (unpaired) electrons. The van der Waals surface area contributed by atoms with Gasteiger partial charge in [-0.2, -0.15) is 0 Å². The SMILES string of the molecule is O=C1CC(CBr)CN1[C@@H]1CCOC1. The molecular formula is C9H14BrNO2. The first-order valence-electron chi connectivity index (χ1n) is 4.74. The number of amides is 1. The lowest BCUT2D eigenvalue weighted by molar-refractivity contribution is -0.129. The lowest BCUT2D eigenvalue weighted by Crippen LogP contribution is -2.36. The summed E-state index contributed by atoms with van der Waals surface area (Å²) in [5, 5.41) is 0.933. The van der Waals surface area contributed by atoms with Gasteiger partial charge in [-0.25, -0.2) is 0 Å². The molecule has 0 bridgehead atoms. The number of alkyl halides is 1. The Bertz CT molecular complexity index is 204. The minimum absolute atomic E-state index is 0.306. The molecule has 0 aliphatic carbocycles. The van der Waals surface area contributed by atoms with Crippen molar-refractivity contribution in [2.45, 2.75) is 18.9 Å². The van der Waals surface area contributed by atoms with Crippen molar-refractivity contribution in [1.82, 2.24) is 4.90 Å². The zero-order valence-electron chi connectivity index (χ0n) is 7.54. The summed E-state index contributed by atoms with van der Waals surface area (Å²) in [6.07, 6.45) is 1.72. The topological polar surface area (TPSA) is 29.5 Å². The van der Waals surface area contributed by atoms with E-state index in [0.29, 0.717) is 24.3 Å². The summed E-state index contributed by atoms with van der Waals surface area (Å²) in [6.45, 7) is 2.46. The van der Waals surface area contributed by atoms with Gasteiger partial charge < -0.3 is 9.64 Å². The molecule has 0 aromatic rings. The number of nitrogens with zero attached hydrogens (tertiary/aromatic N) is 1. The number of ether oxygens (including phenoxy) is 1. The van der Waals surface area contributed by atoms with Crippen molar-refractivity contribution in [3.05, 3.63) is 0 Å². The highest BCUT2D eigenvalue weighted by Gasteiger charge is 2.35. The van der Waals surface area contributed by atoms with Gasteiger partial charge in [0.15, 0.2) is 0 Å². The van der Waals surface area contributed by atoms with Crippen molar-refractivity contribution in [3.63, 3.8) is 0 Å². The van der Waals surface area contributed by atoms with Crippen LogP contribution in [-0.4, -0.2) is 41.9 Å². The first kappa shape index (κ1) is 9.46. The zero-order chi connectivity index (χ0) is 9.26. The highest BCUT2D eigenvalue weighted by Crippen LogP contribution is 2.24. The normalized spacial score (nSPS) is 34.5. The first-order chi connectivity index (χ1) is 6.31. The first-order valence-corrected chi connectivity index (χ1v) is 5.86. The van der Waals surface area contributed by atoms with Gasteiger partial charge in [0.1, 0.15) is 0 Å². The third-order valence-electron chi connectivity index (χ3n) is 2.80. The summed E-state index contributed by atoms with van der Waals surface area (Å²) in [5.41, 5.74) is 0. The molecule has 74 valence electrons. The molecule has 2 fully saturated rings. The molecule has 0 spiro atoms. The Morgan fingerprint density at radius 3 is 3.00 bits per heavy atom. The van der Waals surface area contributed by atoms with E-state index < -0.39 is 0 Å². The van der Waals surface area contributed by atoms with Gasteiger partial charge in [0.05, 0.1) is 12.6 Å². The van der Waals surface area contributed by atoms with Gasteiger partial charge in [0.2, 0.25) is 5.91 Å². The maximum absolute atomic E-state index is 11.6. The van der Waals surface area contributed by atoms with Crippen LogP contribution in [0.4, 0.5) is 0 Å². The van der Waals surface area contributed by atoms with E-state index in [1.165, 1.54) is 0 Å². The Morgan fingerprint density at radius 2 is 2.46 bits per heavy atom. The van der Waals surface area contributed by atoms with Crippen LogP contribution in [0.1, 0.15) is 12.8 Å². The lowest BCUT2D eigenvalue weighted by Gasteiger charge is -2.22. The largest absolute Gasteiger partial charge is 0.379 e. The molecule has 2 saturated heterocycles. The fourth-order valence-electron chi connectivity index (χ4n) is 2.03. The number of halogens is 1. The van der Waals surface area contributed by atoms with E-state index in [1.54, 1.807) is 0 Å². The Hall–Kier alpha value is -0.0900. The molecule has 2 heterocycles. The van der Waals surface area contributed by atoms with Gasteiger partial charge in [0.25, 0.3) is 0 Å². The predicted octanol–water partition coefficient (Wildman–Crippen LogP) is 1.02. The highest BCUT2D eigenvalue weighted by atomic mass is 79.9. The maximum Gasteiger partial charge on any atom is 0.223 e. The molecule has 3 nitrogen and oxygen atoms in total. The third-order valence-corrected chi connectivity index (χ3v) is 3.72. The summed E-state index contributed by atoms with van der Waals surface area (Å²) in [4.78, 5) is 13.6. The number of rotatable bonds is 2. The van der Waals surface area contributed by atoms with Crippen LogP contribution in [0.2, 0.25) is 0 Å². The van der Waals surface area contributed by atoms with Crippen molar-refractivity contribution in [1.29, 1.82) is 0 Å². The molecule has 0 saturated carbocycles. The van der Waals surface area contributed by atoms with E-state index in [-0.39, 0.29) is 0 Å². The monoisotopic (exact) mass is 247 g/mol. The average Bonchev–Trinajstić information content (AvgIpc) is 2.72. The van der Waals surface area contributed by atoms with E-state index in [9.17, 15) is 4.79 Å². The van der Waals surface area contributed by atoms with Gasteiger partial charge in [-0.1, -0.05) is 15.9 Å². The van der Waals surface area contributed by atoms with E-state index >= 15 is 0 Å². The second kappa shape index (κ2) is 3.96. The fraction of sp³-hybridized carbons (Fsp3) is 0.889. The molecule has 1 unspecified atom stereocenters. The summed E-state index contributed by atoms with van der Waals surface area (Å²) in [6, 6.07) is 0.358. The van der Waals surface area contributed by atoms with Crippen LogP contribution in [0.15, 0.2) is 0 Å². The standard InChI is InChI=1S/C9H14BrNO2/c10-4-7-3-9(12)11(5-7)8-1-2-13-6-8/h7-8H,1-6H2/t7?,8-/m1/s1. The van der Waals surface area contributed by atoms with Crippen LogP contribution in [0.25, 0.3) is 0 Å². The maximum atomic E-state index is 11.6. The molecule has 0 aromatic heterocycles. The van der Waals surface area contributed by atoms with Crippen molar-refractivity contribution in [2.24, 2.45) is 5.92 Å². The van der Waals surface area contributed by atoms with Gasteiger partial charge in [-0.05, 0) is 12.3 Å². The second-order valence-electron chi connectivity index (χ2n) is 3.79. The molecular weight excluding hydrogens is 234 g/mol. The van der Waals surface area contributed by atoms with Crippen molar-refractivity contribution in [2.75, 3.05) is 25.1 Å². The summed E-state index contributed by atoms with van der Waals surface area (Å²) < 4.78 is 5.28. The van der Waals surface area contributed by atoms with E-state index in [4.69, 9.17) is 4.74 Å². The number of carbonyl (C=O) groups excluding carboxylic acids is 1. The highest BCUT2D eigenvalue weighted by molar-refractivity contribution is 9.09. The number of hydrogen-bond donors (Lipinski definition) is 0. The van der Waals surface area contributed by atoms with Crippen LogP contribution >= 0.6 is 15.9 Å². The van der Waals surface area contributed by atoms with E-state index in [0.717, 1.165) is 31.5 Å². The van der Waals surface area contributed by atoms with E-state index in [1.807, 2.05) is 4.90 Å². The Labute approximate surface area is 86.5 Å². The molecule has 2 atom stereocenters. The van der Waals surface area contributed by atoms with Crippen LogP contribution < -0.4 is 0 Å². The molecule has 2 aliphatic rings. The van der Waals surface area contributed by atoms with Gasteiger partial charge >= 0.3 is 0 Å². The van der Waals surface area contributed by atoms with Gasteiger partial charge in [-0.15, -0.1) is 0 Å². The molecule has 13 heavy (non-hydrogen) atoms. The smallest absolute Gasteiger partial charge is 0.223 e. The summed E-state index contributed by atoms with van der Waals surface area (Å²) in [5.74, 6) is 0.813. The van der Waals surface area contributed by atoms with Crippen molar-refractivity contribution in [3.8, 4) is 0 Å². The van der Waals surface area contributed by atoms with Crippen LogP contribution in [-0.2, 0) is 9.53 Å². The second-order valence-corrected chi connectivity index (χ2v) is 4.44. The van der Waals surface area contributed by atoms with Gasteiger partial charge in [-0.3, -0.25) is 4.79 Å². The molecule has 1 amide bonds. The van der Waals surface area contributed by atoms with E-state index in [2.05, 4.69) is 15.9 Å². The average molecular weight is 248 g/mol. The summed E-state index contributed by atoms with van der Waals surface area (Å²) >= 11 is 3.43. The Balaban J connectivity index is 1.95. The zero-order valence-corrected chi connectivity index (χ0v) is 9.13. The minimum atomic E-state index is 0.306. The molecule has 2 aliphatic heterocycles. The number of likely N-dealkylation sites (tertiary alicyclic amines) is 1. The summed E-state index contributed by atoms with van der Waals surface area (Å²) in [7, 11) is 0. The lowest BCUT2D eigenvalue weighted by atomic mass is 10.1. The molecule has 0 aromatic carbocycles. The predicted molar refractivity (Wildman–Crippen MR) is 52.8 cm³/mol. The molecule has 4 heteroatoms.